The fraction of sp³-hybridized carbons (Fsp3) is 0.684. The van der Waals surface area contributed by atoms with E-state index in [2.05, 4.69) is 36.1 Å². The lowest BCUT2D eigenvalue weighted by Gasteiger charge is -2.41. The quantitative estimate of drug-likeness (QED) is 0.913. The second-order valence-corrected chi connectivity index (χ2v) is 7.21. The van der Waals surface area contributed by atoms with Crippen molar-refractivity contribution >= 4 is 0 Å². The normalized spacial score (nSPS) is 28.1. The smallest absolute Gasteiger partial charge is 0.0233 e. The number of likely N-dealkylation sites (tertiary alicyclic amines) is 1. The van der Waals surface area contributed by atoms with Crippen LogP contribution in [0.5, 0.6) is 0 Å². The molecule has 2 fully saturated rings. The average molecular weight is 286 g/mol. The lowest BCUT2D eigenvalue weighted by molar-refractivity contribution is 0.0820. The van der Waals surface area contributed by atoms with Gasteiger partial charge in [-0.2, -0.15) is 0 Å². The van der Waals surface area contributed by atoms with E-state index in [0.29, 0.717) is 5.92 Å². The monoisotopic (exact) mass is 286 g/mol. The lowest BCUT2D eigenvalue weighted by atomic mass is 9.75. The van der Waals surface area contributed by atoms with Crippen LogP contribution >= 0.6 is 0 Å². The first-order valence-electron chi connectivity index (χ1n) is 8.77. The molecule has 3 unspecified atom stereocenters. The Morgan fingerprint density at radius 1 is 1.10 bits per heavy atom. The van der Waals surface area contributed by atoms with Gasteiger partial charge in [0, 0.05) is 13.1 Å². The summed E-state index contributed by atoms with van der Waals surface area (Å²) in [5.74, 6) is 2.48. The number of fused-ring (bicyclic) bond motifs is 1. The van der Waals surface area contributed by atoms with Crippen molar-refractivity contribution in [2.45, 2.75) is 51.5 Å². The van der Waals surface area contributed by atoms with E-state index < -0.39 is 0 Å². The van der Waals surface area contributed by atoms with Crippen LogP contribution in [0, 0.1) is 11.8 Å². The molecule has 0 bridgehead atoms. The van der Waals surface area contributed by atoms with Crippen LogP contribution in [0.4, 0.5) is 0 Å². The van der Waals surface area contributed by atoms with Gasteiger partial charge in [-0.1, -0.05) is 50.5 Å². The minimum Gasteiger partial charge on any atom is -0.330 e. The topological polar surface area (TPSA) is 29.3 Å². The molecule has 2 aliphatic rings. The summed E-state index contributed by atoms with van der Waals surface area (Å²) in [7, 11) is 0. The standard InChI is InChI=1S/C19H30N2/c1-15(12-20)17-8-6-16(7-9-17)13-21-11-10-18-4-2-3-5-19(18)14-21/h6-9,15,18-19H,2-5,10-14,20H2,1H3. The molecule has 1 saturated carbocycles. The van der Waals surface area contributed by atoms with Crippen LogP contribution in [0.2, 0.25) is 0 Å². The van der Waals surface area contributed by atoms with Gasteiger partial charge in [0.1, 0.15) is 0 Å². The number of hydrogen-bond donors (Lipinski definition) is 1. The van der Waals surface area contributed by atoms with Crippen LogP contribution < -0.4 is 5.73 Å². The summed E-state index contributed by atoms with van der Waals surface area (Å²) in [6.07, 6.45) is 7.31. The van der Waals surface area contributed by atoms with Gasteiger partial charge in [0.15, 0.2) is 0 Å². The number of rotatable bonds is 4. The zero-order valence-corrected chi connectivity index (χ0v) is 13.4. The molecule has 1 aliphatic heterocycles. The van der Waals surface area contributed by atoms with Crippen molar-refractivity contribution in [3.63, 3.8) is 0 Å². The minimum atomic E-state index is 0.469. The van der Waals surface area contributed by atoms with Gasteiger partial charge >= 0.3 is 0 Å². The lowest BCUT2D eigenvalue weighted by Crippen LogP contribution is -2.41. The van der Waals surface area contributed by atoms with Crippen LogP contribution in [-0.4, -0.2) is 24.5 Å². The second kappa shape index (κ2) is 6.93. The fourth-order valence-corrected chi connectivity index (χ4v) is 4.17. The summed E-state index contributed by atoms with van der Waals surface area (Å²) < 4.78 is 0. The van der Waals surface area contributed by atoms with Crippen molar-refractivity contribution in [3.8, 4) is 0 Å². The third kappa shape index (κ3) is 3.67. The van der Waals surface area contributed by atoms with Crippen molar-refractivity contribution in [1.29, 1.82) is 0 Å². The third-order valence-electron chi connectivity index (χ3n) is 5.68. The molecule has 3 rings (SSSR count). The molecule has 0 aromatic heterocycles. The molecule has 2 heteroatoms. The SMILES string of the molecule is CC(CN)c1ccc(CN2CCC3CCCCC3C2)cc1. The van der Waals surface area contributed by atoms with Gasteiger partial charge in [0.2, 0.25) is 0 Å². The number of hydrogen-bond acceptors (Lipinski definition) is 2. The van der Waals surface area contributed by atoms with E-state index >= 15 is 0 Å². The van der Waals surface area contributed by atoms with Crippen molar-refractivity contribution in [3.05, 3.63) is 35.4 Å². The maximum atomic E-state index is 5.75. The molecule has 1 heterocycles. The maximum Gasteiger partial charge on any atom is 0.0233 e. The number of nitrogens with two attached hydrogens (primary N) is 1. The van der Waals surface area contributed by atoms with Crippen LogP contribution in [0.25, 0.3) is 0 Å². The third-order valence-corrected chi connectivity index (χ3v) is 5.68. The molecule has 3 atom stereocenters. The summed E-state index contributed by atoms with van der Waals surface area (Å²) >= 11 is 0. The van der Waals surface area contributed by atoms with Gasteiger partial charge in [0.05, 0.1) is 0 Å². The predicted octanol–water partition coefficient (Wildman–Crippen LogP) is 3.76. The number of piperidine rings is 1. The van der Waals surface area contributed by atoms with E-state index in [1.165, 1.54) is 56.3 Å². The predicted molar refractivity (Wildman–Crippen MR) is 89.3 cm³/mol. The maximum absolute atomic E-state index is 5.75. The molecule has 1 aromatic carbocycles. The molecule has 1 aromatic rings. The number of nitrogens with zero attached hydrogens (tertiary/aromatic N) is 1. The van der Waals surface area contributed by atoms with Crippen molar-refractivity contribution in [1.82, 2.24) is 4.90 Å². The van der Waals surface area contributed by atoms with Crippen molar-refractivity contribution in [2.24, 2.45) is 17.6 Å². The molecule has 21 heavy (non-hydrogen) atoms. The van der Waals surface area contributed by atoms with E-state index in [-0.39, 0.29) is 0 Å². The summed E-state index contributed by atoms with van der Waals surface area (Å²) in [5.41, 5.74) is 8.57. The van der Waals surface area contributed by atoms with Gasteiger partial charge in [-0.3, -0.25) is 4.90 Å². The Labute approximate surface area is 129 Å². The Kier molecular flexibility index (Phi) is 4.97. The number of benzene rings is 1. The first-order chi connectivity index (χ1) is 10.3. The molecule has 2 nitrogen and oxygen atoms in total. The van der Waals surface area contributed by atoms with E-state index in [9.17, 15) is 0 Å². The molecular weight excluding hydrogens is 256 g/mol. The molecule has 2 N–H and O–H groups in total. The summed E-state index contributed by atoms with van der Waals surface area (Å²) in [6, 6.07) is 9.13. The van der Waals surface area contributed by atoms with E-state index in [1.807, 2.05) is 0 Å². The van der Waals surface area contributed by atoms with Crippen LogP contribution in [0.15, 0.2) is 24.3 Å². The van der Waals surface area contributed by atoms with Gasteiger partial charge in [0.25, 0.3) is 0 Å². The highest BCUT2D eigenvalue weighted by Crippen LogP contribution is 2.36. The van der Waals surface area contributed by atoms with Gasteiger partial charge in [-0.25, -0.2) is 0 Å². The zero-order valence-electron chi connectivity index (χ0n) is 13.4. The Hall–Kier alpha value is -0.860. The summed E-state index contributed by atoms with van der Waals surface area (Å²) in [4.78, 5) is 2.67. The van der Waals surface area contributed by atoms with E-state index in [1.54, 1.807) is 0 Å². The fourth-order valence-electron chi connectivity index (χ4n) is 4.17. The Bertz CT molecular complexity index is 439. The Balaban J connectivity index is 1.56. The highest BCUT2D eigenvalue weighted by atomic mass is 15.1. The molecule has 0 spiro atoms. The van der Waals surface area contributed by atoms with Crippen molar-refractivity contribution < 1.29 is 0 Å². The van der Waals surface area contributed by atoms with Gasteiger partial charge in [-0.05, 0) is 54.8 Å². The molecule has 0 radical (unpaired) electrons. The highest BCUT2D eigenvalue weighted by Gasteiger charge is 2.30. The summed E-state index contributed by atoms with van der Waals surface area (Å²) in [6.45, 7) is 6.67. The van der Waals surface area contributed by atoms with Gasteiger partial charge < -0.3 is 5.73 Å². The minimum absolute atomic E-state index is 0.469. The first kappa shape index (κ1) is 15.1. The van der Waals surface area contributed by atoms with Crippen LogP contribution in [0.1, 0.15) is 56.1 Å². The van der Waals surface area contributed by atoms with Crippen LogP contribution in [0.3, 0.4) is 0 Å². The van der Waals surface area contributed by atoms with E-state index in [0.717, 1.165) is 24.9 Å². The Morgan fingerprint density at radius 2 is 1.81 bits per heavy atom. The largest absolute Gasteiger partial charge is 0.330 e. The average Bonchev–Trinajstić information content (AvgIpc) is 2.55. The molecule has 1 aliphatic carbocycles. The highest BCUT2D eigenvalue weighted by molar-refractivity contribution is 5.25. The van der Waals surface area contributed by atoms with Crippen LogP contribution in [-0.2, 0) is 6.54 Å². The second-order valence-electron chi connectivity index (χ2n) is 7.21. The zero-order chi connectivity index (χ0) is 14.7. The first-order valence-corrected chi connectivity index (χ1v) is 8.77. The molecular formula is C19H30N2. The summed E-state index contributed by atoms with van der Waals surface area (Å²) in [5, 5.41) is 0. The molecule has 1 saturated heterocycles. The van der Waals surface area contributed by atoms with Crippen molar-refractivity contribution in [2.75, 3.05) is 19.6 Å². The van der Waals surface area contributed by atoms with E-state index in [4.69, 9.17) is 5.73 Å². The van der Waals surface area contributed by atoms with Gasteiger partial charge in [-0.15, -0.1) is 0 Å². The molecule has 0 amide bonds. The Morgan fingerprint density at radius 3 is 2.52 bits per heavy atom. The molecule has 116 valence electrons.